The van der Waals surface area contributed by atoms with E-state index in [1.807, 2.05) is 43.3 Å². The lowest BCUT2D eigenvalue weighted by Gasteiger charge is -2.28. The second-order valence-corrected chi connectivity index (χ2v) is 5.90. The number of hydrogen-bond acceptors (Lipinski definition) is 3. The lowest BCUT2D eigenvalue weighted by atomic mass is 10.0. The van der Waals surface area contributed by atoms with E-state index in [9.17, 15) is 4.79 Å². The van der Waals surface area contributed by atoms with Crippen LogP contribution in [0.15, 0.2) is 24.3 Å². The van der Waals surface area contributed by atoms with Crippen LogP contribution in [0.4, 0.5) is 0 Å². The van der Waals surface area contributed by atoms with Crippen LogP contribution >= 0.6 is 0 Å². The number of nitrogens with zero attached hydrogens (tertiary/aromatic N) is 3. The Morgan fingerprint density at radius 2 is 2.19 bits per heavy atom. The molecular weight excluding hydrogens is 264 g/mol. The maximum Gasteiger partial charge on any atom is 0.275 e. The molecule has 21 heavy (non-hydrogen) atoms. The summed E-state index contributed by atoms with van der Waals surface area (Å²) in [5.41, 5.74) is 7.36. The molecule has 1 amide bonds. The smallest absolute Gasteiger partial charge is 0.275 e. The van der Waals surface area contributed by atoms with Crippen LogP contribution in [0.25, 0.3) is 10.9 Å². The molecule has 1 fully saturated rings. The van der Waals surface area contributed by atoms with Crippen molar-refractivity contribution in [1.82, 2.24) is 14.7 Å². The van der Waals surface area contributed by atoms with E-state index in [4.69, 9.17) is 5.73 Å². The van der Waals surface area contributed by atoms with Crippen molar-refractivity contribution in [3.8, 4) is 0 Å². The molecule has 1 heterocycles. The number of hydrogen-bond donors (Lipinski definition) is 1. The first-order valence-electron chi connectivity index (χ1n) is 7.52. The Labute approximate surface area is 124 Å². The van der Waals surface area contributed by atoms with Crippen LogP contribution in [0.1, 0.15) is 29.8 Å². The molecule has 2 N–H and O–H groups in total. The average Bonchev–Trinajstić information content (AvgIpc) is 3.11. The number of aryl methyl sites for hydroxylation is 1. The van der Waals surface area contributed by atoms with E-state index in [0.29, 0.717) is 18.2 Å². The summed E-state index contributed by atoms with van der Waals surface area (Å²) >= 11 is 0. The first-order valence-corrected chi connectivity index (χ1v) is 7.52. The minimum absolute atomic E-state index is 0.00264. The number of carbonyl (C=O) groups excluding carboxylic acids is 1. The molecule has 0 radical (unpaired) electrons. The molecule has 1 aromatic heterocycles. The number of amides is 1. The van der Waals surface area contributed by atoms with Gasteiger partial charge in [-0.15, -0.1) is 0 Å². The van der Waals surface area contributed by atoms with E-state index in [1.165, 1.54) is 0 Å². The molecule has 5 nitrogen and oxygen atoms in total. The van der Waals surface area contributed by atoms with Crippen molar-refractivity contribution in [2.75, 3.05) is 13.6 Å². The predicted octanol–water partition coefficient (Wildman–Crippen LogP) is 1.77. The van der Waals surface area contributed by atoms with Gasteiger partial charge in [-0.25, -0.2) is 0 Å². The van der Waals surface area contributed by atoms with Gasteiger partial charge in [-0.05, 0) is 31.4 Å². The number of para-hydroxylation sites is 1. The third-order valence-electron chi connectivity index (χ3n) is 4.70. The molecule has 0 bridgehead atoms. The normalized spacial score (nSPS) is 21.9. The van der Waals surface area contributed by atoms with Gasteiger partial charge in [0.1, 0.15) is 0 Å². The molecule has 0 aliphatic heterocycles. The van der Waals surface area contributed by atoms with Crippen molar-refractivity contribution < 1.29 is 4.79 Å². The Balaban J connectivity index is 1.93. The Bertz CT molecular complexity index is 663. The standard InChI is InChI=1S/C16H22N4O/c1-19(13-9-5-6-11(13)10-17)16(21)15-12-7-3-4-8-14(12)20(2)18-15/h3-4,7-8,11,13H,5-6,9-10,17H2,1-2H3. The van der Waals surface area contributed by atoms with Crippen molar-refractivity contribution in [2.45, 2.75) is 25.3 Å². The minimum atomic E-state index is -0.00264. The van der Waals surface area contributed by atoms with E-state index in [2.05, 4.69) is 5.10 Å². The van der Waals surface area contributed by atoms with Crippen LogP contribution in [-0.4, -0.2) is 40.2 Å². The number of fused-ring (bicyclic) bond motifs is 1. The number of aromatic nitrogens is 2. The van der Waals surface area contributed by atoms with Crippen molar-refractivity contribution in [3.05, 3.63) is 30.0 Å². The third kappa shape index (κ3) is 2.31. The largest absolute Gasteiger partial charge is 0.337 e. The zero-order valence-corrected chi connectivity index (χ0v) is 12.6. The predicted molar refractivity (Wildman–Crippen MR) is 83.0 cm³/mol. The van der Waals surface area contributed by atoms with Crippen LogP contribution in [0.2, 0.25) is 0 Å². The maximum absolute atomic E-state index is 12.8. The van der Waals surface area contributed by atoms with Crippen LogP contribution in [0.3, 0.4) is 0 Å². The summed E-state index contributed by atoms with van der Waals surface area (Å²) in [5.74, 6) is 0.408. The summed E-state index contributed by atoms with van der Waals surface area (Å²) in [6.45, 7) is 0.644. The Morgan fingerprint density at radius 1 is 1.43 bits per heavy atom. The highest BCUT2D eigenvalue weighted by Gasteiger charge is 2.33. The molecule has 2 aromatic rings. The topological polar surface area (TPSA) is 64.2 Å². The molecule has 0 saturated heterocycles. The van der Waals surface area contributed by atoms with Crippen LogP contribution in [0, 0.1) is 5.92 Å². The van der Waals surface area contributed by atoms with Gasteiger partial charge in [0, 0.05) is 25.5 Å². The highest BCUT2D eigenvalue weighted by molar-refractivity contribution is 6.04. The van der Waals surface area contributed by atoms with E-state index in [-0.39, 0.29) is 11.9 Å². The number of rotatable bonds is 3. The van der Waals surface area contributed by atoms with Gasteiger partial charge >= 0.3 is 0 Å². The third-order valence-corrected chi connectivity index (χ3v) is 4.70. The second kappa shape index (κ2) is 5.48. The summed E-state index contributed by atoms with van der Waals surface area (Å²) in [5, 5.41) is 5.34. The SMILES string of the molecule is CN(C(=O)c1nn(C)c2ccccc12)C1CCCC1CN. The van der Waals surface area contributed by atoms with Gasteiger partial charge in [-0.2, -0.15) is 5.10 Å². The summed E-state index contributed by atoms with van der Waals surface area (Å²) in [7, 11) is 3.75. The molecule has 3 rings (SSSR count). The van der Waals surface area contributed by atoms with Gasteiger partial charge < -0.3 is 10.6 Å². The molecule has 1 saturated carbocycles. The quantitative estimate of drug-likeness (QED) is 0.935. The molecule has 5 heteroatoms. The van der Waals surface area contributed by atoms with Crippen LogP contribution in [-0.2, 0) is 7.05 Å². The monoisotopic (exact) mass is 286 g/mol. The Hall–Kier alpha value is -1.88. The van der Waals surface area contributed by atoms with E-state index in [0.717, 1.165) is 30.2 Å². The van der Waals surface area contributed by atoms with Crippen molar-refractivity contribution in [3.63, 3.8) is 0 Å². The summed E-state index contributed by atoms with van der Waals surface area (Å²) in [4.78, 5) is 14.7. The molecule has 2 unspecified atom stereocenters. The first-order chi connectivity index (χ1) is 10.1. The fourth-order valence-electron chi connectivity index (χ4n) is 3.49. The zero-order valence-electron chi connectivity index (χ0n) is 12.6. The van der Waals surface area contributed by atoms with Crippen LogP contribution in [0.5, 0.6) is 0 Å². The Kier molecular flexibility index (Phi) is 3.68. The lowest BCUT2D eigenvalue weighted by molar-refractivity contribution is 0.0695. The van der Waals surface area contributed by atoms with Gasteiger partial charge in [0.05, 0.1) is 5.52 Å². The van der Waals surface area contributed by atoms with Gasteiger partial charge in [0.15, 0.2) is 5.69 Å². The van der Waals surface area contributed by atoms with Crippen molar-refractivity contribution in [2.24, 2.45) is 18.7 Å². The molecule has 1 aromatic carbocycles. The van der Waals surface area contributed by atoms with Gasteiger partial charge in [0.2, 0.25) is 0 Å². The van der Waals surface area contributed by atoms with Crippen LogP contribution < -0.4 is 5.73 Å². The summed E-state index contributed by atoms with van der Waals surface area (Å²) in [6.07, 6.45) is 3.30. The Morgan fingerprint density at radius 3 is 2.95 bits per heavy atom. The highest BCUT2D eigenvalue weighted by atomic mass is 16.2. The minimum Gasteiger partial charge on any atom is -0.337 e. The molecule has 1 aliphatic rings. The number of carbonyl (C=O) groups is 1. The fraction of sp³-hybridized carbons (Fsp3) is 0.500. The molecule has 112 valence electrons. The van der Waals surface area contributed by atoms with Gasteiger partial charge in [-0.3, -0.25) is 9.48 Å². The maximum atomic E-state index is 12.8. The lowest BCUT2D eigenvalue weighted by Crippen LogP contribution is -2.41. The van der Waals surface area contributed by atoms with E-state index >= 15 is 0 Å². The van der Waals surface area contributed by atoms with Crippen molar-refractivity contribution >= 4 is 16.8 Å². The summed E-state index contributed by atoms with van der Waals surface area (Å²) < 4.78 is 1.77. The number of benzene rings is 1. The first kappa shape index (κ1) is 14.1. The highest BCUT2D eigenvalue weighted by Crippen LogP contribution is 2.30. The molecule has 1 aliphatic carbocycles. The van der Waals surface area contributed by atoms with Crippen molar-refractivity contribution in [1.29, 1.82) is 0 Å². The zero-order chi connectivity index (χ0) is 15.0. The summed E-state index contributed by atoms with van der Waals surface area (Å²) in [6, 6.07) is 8.08. The molecular formula is C16H22N4O. The van der Waals surface area contributed by atoms with Gasteiger partial charge in [-0.1, -0.05) is 24.6 Å². The second-order valence-electron chi connectivity index (χ2n) is 5.90. The van der Waals surface area contributed by atoms with E-state index < -0.39 is 0 Å². The van der Waals surface area contributed by atoms with E-state index in [1.54, 1.807) is 4.68 Å². The van der Waals surface area contributed by atoms with Gasteiger partial charge in [0.25, 0.3) is 5.91 Å². The molecule has 2 atom stereocenters. The number of nitrogens with two attached hydrogens (primary N) is 1. The average molecular weight is 286 g/mol. The fourth-order valence-corrected chi connectivity index (χ4v) is 3.49. The molecule has 0 spiro atoms.